The molecule has 0 bridgehead atoms. The molecule has 1 amide bonds. The molecule has 1 aliphatic heterocycles. The molecule has 3 rings (SSSR count). The quantitative estimate of drug-likeness (QED) is 0.942. The van der Waals surface area contributed by atoms with E-state index in [2.05, 4.69) is 5.10 Å². The number of carbonyl (C=O) groups is 2. The third kappa shape index (κ3) is 3.26. The van der Waals surface area contributed by atoms with Crippen molar-refractivity contribution in [2.75, 3.05) is 13.1 Å². The number of carbonyl (C=O) groups excluding carboxylic acids is 1. The van der Waals surface area contributed by atoms with E-state index in [9.17, 15) is 9.59 Å². The average Bonchev–Trinajstić information content (AvgIpc) is 3.01. The Balaban J connectivity index is 1.72. The van der Waals surface area contributed by atoms with Crippen molar-refractivity contribution in [2.45, 2.75) is 18.8 Å². The van der Waals surface area contributed by atoms with Crippen molar-refractivity contribution in [3.05, 3.63) is 53.3 Å². The predicted molar refractivity (Wildman–Crippen MR) is 84.5 cm³/mol. The van der Waals surface area contributed by atoms with Gasteiger partial charge in [-0.25, -0.2) is 4.79 Å². The highest BCUT2D eigenvalue weighted by molar-refractivity contribution is 5.92. The van der Waals surface area contributed by atoms with Gasteiger partial charge in [0.1, 0.15) is 5.69 Å². The predicted octanol–water partition coefficient (Wildman–Crippen LogP) is 2.14. The number of nitrogens with zero attached hydrogens (tertiary/aromatic N) is 3. The number of amides is 1. The molecule has 1 aromatic carbocycles. The lowest BCUT2D eigenvalue weighted by Gasteiger charge is -2.32. The van der Waals surface area contributed by atoms with Gasteiger partial charge in [0, 0.05) is 32.3 Å². The van der Waals surface area contributed by atoms with Gasteiger partial charge in [0.25, 0.3) is 5.91 Å². The van der Waals surface area contributed by atoms with Crippen LogP contribution < -0.4 is 0 Å². The summed E-state index contributed by atoms with van der Waals surface area (Å²) in [6.45, 7) is 1.38. The van der Waals surface area contributed by atoms with Gasteiger partial charge < -0.3 is 10.0 Å². The second-order valence-corrected chi connectivity index (χ2v) is 5.89. The zero-order valence-corrected chi connectivity index (χ0v) is 13.0. The molecule has 0 unspecified atom stereocenters. The van der Waals surface area contributed by atoms with Crippen molar-refractivity contribution in [1.82, 2.24) is 14.7 Å². The van der Waals surface area contributed by atoms with Crippen LogP contribution in [0.5, 0.6) is 0 Å². The van der Waals surface area contributed by atoms with Crippen LogP contribution in [-0.4, -0.2) is 44.8 Å². The van der Waals surface area contributed by atoms with E-state index in [-0.39, 0.29) is 17.4 Å². The van der Waals surface area contributed by atoms with Crippen LogP contribution in [0, 0.1) is 0 Å². The largest absolute Gasteiger partial charge is 0.478 e. The number of piperidine rings is 1. The van der Waals surface area contributed by atoms with Crippen LogP contribution >= 0.6 is 0 Å². The average molecular weight is 313 g/mol. The van der Waals surface area contributed by atoms with E-state index in [0.717, 1.165) is 24.9 Å². The lowest BCUT2D eigenvalue weighted by Crippen LogP contribution is -2.39. The number of carboxylic acid groups (broad SMARTS) is 1. The van der Waals surface area contributed by atoms with Crippen molar-refractivity contribution >= 4 is 11.9 Å². The summed E-state index contributed by atoms with van der Waals surface area (Å²) in [5.74, 6) is -0.733. The molecule has 0 spiro atoms. The number of carboxylic acids is 1. The van der Waals surface area contributed by atoms with Gasteiger partial charge in [-0.3, -0.25) is 9.48 Å². The molecule has 23 heavy (non-hydrogen) atoms. The van der Waals surface area contributed by atoms with Gasteiger partial charge in [0.15, 0.2) is 0 Å². The fraction of sp³-hybridized carbons (Fsp3) is 0.353. The van der Waals surface area contributed by atoms with Gasteiger partial charge in [0.05, 0.1) is 5.56 Å². The summed E-state index contributed by atoms with van der Waals surface area (Å²) in [5.41, 5.74) is 1.83. The second-order valence-electron chi connectivity index (χ2n) is 5.89. The van der Waals surface area contributed by atoms with Crippen molar-refractivity contribution in [3.8, 4) is 0 Å². The molecule has 1 atom stereocenters. The summed E-state index contributed by atoms with van der Waals surface area (Å²) < 4.78 is 1.62. The van der Waals surface area contributed by atoms with E-state index in [1.807, 2.05) is 17.0 Å². The Hall–Kier alpha value is -2.63. The molecular formula is C17H19N3O3. The lowest BCUT2D eigenvalue weighted by molar-refractivity contribution is 0.0692. The molecule has 1 aliphatic rings. The highest BCUT2D eigenvalue weighted by atomic mass is 16.4. The molecule has 1 N–H and O–H groups in total. The van der Waals surface area contributed by atoms with Crippen molar-refractivity contribution < 1.29 is 14.7 Å². The van der Waals surface area contributed by atoms with Crippen LogP contribution in [0.25, 0.3) is 0 Å². The Kier molecular flexibility index (Phi) is 4.14. The van der Waals surface area contributed by atoms with Crippen LogP contribution in [0.2, 0.25) is 0 Å². The topological polar surface area (TPSA) is 75.4 Å². The second kappa shape index (κ2) is 6.24. The van der Waals surface area contributed by atoms with E-state index in [0.29, 0.717) is 12.2 Å². The molecule has 1 fully saturated rings. The number of likely N-dealkylation sites (tertiary alicyclic amines) is 1. The Bertz CT molecular complexity index is 721. The first-order valence-electron chi connectivity index (χ1n) is 7.67. The Morgan fingerprint density at radius 1 is 1.22 bits per heavy atom. The Labute approximate surface area is 134 Å². The van der Waals surface area contributed by atoms with E-state index in [4.69, 9.17) is 5.11 Å². The highest BCUT2D eigenvalue weighted by Crippen LogP contribution is 2.27. The maximum atomic E-state index is 12.5. The van der Waals surface area contributed by atoms with Crippen LogP contribution in [0.1, 0.15) is 45.2 Å². The smallest absolute Gasteiger partial charge is 0.335 e. The first kappa shape index (κ1) is 15.3. The first-order chi connectivity index (χ1) is 11.0. The van der Waals surface area contributed by atoms with Gasteiger partial charge in [-0.15, -0.1) is 0 Å². The zero-order valence-electron chi connectivity index (χ0n) is 13.0. The molecule has 120 valence electrons. The molecular weight excluding hydrogens is 294 g/mol. The SMILES string of the molecule is Cn1ccc(C(=O)N2CCC[C@@H](c3ccc(C(=O)O)cc3)C2)n1. The number of hydrogen-bond donors (Lipinski definition) is 1. The van der Waals surface area contributed by atoms with Gasteiger partial charge in [-0.2, -0.15) is 5.10 Å². The van der Waals surface area contributed by atoms with Crippen LogP contribution in [-0.2, 0) is 7.05 Å². The van der Waals surface area contributed by atoms with E-state index in [1.54, 1.807) is 36.1 Å². The number of aromatic nitrogens is 2. The molecule has 2 aromatic rings. The van der Waals surface area contributed by atoms with Crippen LogP contribution in [0.15, 0.2) is 36.5 Å². The summed E-state index contributed by atoms with van der Waals surface area (Å²) in [6, 6.07) is 8.67. The third-order valence-electron chi connectivity index (χ3n) is 4.27. The van der Waals surface area contributed by atoms with Crippen LogP contribution in [0.3, 0.4) is 0 Å². The molecule has 0 radical (unpaired) electrons. The first-order valence-corrected chi connectivity index (χ1v) is 7.67. The van der Waals surface area contributed by atoms with E-state index >= 15 is 0 Å². The summed E-state index contributed by atoms with van der Waals surface area (Å²) in [7, 11) is 1.79. The zero-order chi connectivity index (χ0) is 16.4. The summed E-state index contributed by atoms with van der Waals surface area (Å²) >= 11 is 0. The fourth-order valence-electron chi connectivity index (χ4n) is 3.02. The number of hydrogen-bond acceptors (Lipinski definition) is 3. The summed E-state index contributed by atoms with van der Waals surface area (Å²) in [4.78, 5) is 25.3. The molecule has 6 nitrogen and oxygen atoms in total. The van der Waals surface area contributed by atoms with E-state index < -0.39 is 5.97 Å². The molecule has 6 heteroatoms. The normalized spacial score (nSPS) is 18.0. The van der Waals surface area contributed by atoms with Crippen LogP contribution in [0.4, 0.5) is 0 Å². The molecule has 2 heterocycles. The highest BCUT2D eigenvalue weighted by Gasteiger charge is 2.26. The molecule has 0 aliphatic carbocycles. The van der Waals surface area contributed by atoms with Gasteiger partial charge in [-0.05, 0) is 36.6 Å². The third-order valence-corrected chi connectivity index (χ3v) is 4.27. The van der Waals surface area contributed by atoms with Crippen molar-refractivity contribution in [2.24, 2.45) is 7.05 Å². The maximum absolute atomic E-state index is 12.5. The van der Waals surface area contributed by atoms with Gasteiger partial charge >= 0.3 is 5.97 Å². The number of aromatic carboxylic acids is 1. The Morgan fingerprint density at radius 3 is 2.57 bits per heavy atom. The monoisotopic (exact) mass is 313 g/mol. The number of benzene rings is 1. The fourth-order valence-corrected chi connectivity index (χ4v) is 3.02. The molecule has 1 aromatic heterocycles. The minimum Gasteiger partial charge on any atom is -0.478 e. The van der Waals surface area contributed by atoms with E-state index in [1.165, 1.54) is 0 Å². The molecule has 1 saturated heterocycles. The minimum atomic E-state index is -0.924. The van der Waals surface area contributed by atoms with Crippen molar-refractivity contribution in [3.63, 3.8) is 0 Å². The summed E-state index contributed by atoms with van der Waals surface area (Å²) in [5, 5.41) is 13.1. The number of rotatable bonds is 3. The summed E-state index contributed by atoms with van der Waals surface area (Å²) in [6.07, 6.45) is 3.70. The van der Waals surface area contributed by atoms with Crippen molar-refractivity contribution in [1.29, 1.82) is 0 Å². The lowest BCUT2D eigenvalue weighted by atomic mass is 9.90. The standard InChI is InChI=1S/C17H19N3O3/c1-19-10-8-15(18-19)16(21)20-9-2-3-14(11-20)12-4-6-13(7-5-12)17(22)23/h4-8,10,14H,2-3,9,11H2,1H3,(H,22,23)/t14-/m1/s1. The Morgan fingerprint density at radius 2 is 1.96 bits per heavy atom. The maximum Gasteiger partial charge on any atom is 0.335 e. The van der Waals surface area contributed by atoms with Gasteiger partial charge in [-0.1, -0.05) is 12.1 Å². The minimum absolute atomic E-state index is 0.0440. The number of aryl methyl sites for hydroxylation is 1. The van der Waals surface area contributed by atoms with Gasteiger partial charge in [0.2, 0.25) is 0 Å². The molecule has 0 saturated carbocycles.